The number of fused-ring (bicyclic) bond motifs is 1. The third kappa shape index (κ3) is 1.58. The molecule has 0 bridgehead atoms. The zero-order chi connectivity index (χ0) is 10.3. The molecule has 0 aliphatic rings. The summed E-state index contributed by atoms with van der Waals surface area (Å²) in [5, 5.41) is 0.337. The summed E-state index contributed by atoms with van der Waals surface area (Å²) in [5.41, 5.74) is 0.854. The molecule has 0 atom stereocenters. The minimum Gasteiger partial charge on any atom is -0.327 e. The zero-order valence-corrected chi connectivity index (χ0v) is 8.72. The van der Waals surface area contributed by atoms with Crippen molar-refractivity contribution in [1.82, 2.24) is 15.0 Å². The second kappa shape index (κ2) is 2.93. The fourth-order valence-electron chi connectivity index (χ4n) is 1.03. The van der Waals surface area contributed by atoms with Crippen molar-refractivity contribution in [2.45, 2.75) is 5.16 Å². The number of sulfone groups is 1. The largest absolute Gasteiger partial charge is 0.327 e. The molecular formula is C7H6ClN3O2S. The monoisotopic (exact) mass is 231 g/mol. The number of nitrogens with zero attached hydrogens (tertiary/aromatic N) is 2. The molecule has 0 aliphatic heterocycles. The van der Waals surface area contributed by atoms with E-state index in [1.54, 1.807) is 6.07 Å². The van der Waals surface area contributed by atoms with E-state index in [1.165, 1.54) is 6.20 Å². The van der Waals surface area contributed by atoms with Gasteiger partial charge in [0.05, 0.1) is 10.5 Å². The number of pyridine rings is 1. The minimum atomic E-state index is -3.33. The van der Waals surface area contributed by atoms with E-state index in [9.17, 15) is 8.42 Å². The quantitative estimate of drug-likeness (QED) is 0.795. The Bertz CT molecular complexity index is 590. The molecule has 0 aliphatic carbocycles. The van der Waals surface area contributed by atoms with Gasteiger partial charge in [-0.25, -0.2) is 13.4 Å². The molecule has 2 rings (SSSR count). The van der Waals surface area contributed by atoms with Gasteiger partial charge in [-0.1, -0.05) is 11.6 Å². The zero-order valence-electron chi connectivity index (χ0n) is 7.15. The van der Waals surface area contributed by atoms with E-state index < -0.39 is 9.84 Å². The highest BCUT2D eigenvalue weighted by atomic mass is 35.5. The summed E-state index contributed by atoms with van der Waals surface area (Å²) < 4.78 is 22.3. The number of rotatable bonds is 1. The van der Waals surface area contributed by atoms with Gasteiger partial charge >= 0.3 is 0 Å². The average molecular weight is 232 g/mol. The SMILES string of the molecule is CS(=O)(=O)c1nc2ncc(Cl)cc2[nH]1. The van der Waals surface area contributed by atoms with E-state index in [2.05, 4.69) is 15.0 Å². The Hall–Kier alpha value is -1.14. The molecular weight excluding hydrogens is 226 g/mol. The lowest BCUT2D eigenvalue weighted by atomic mass is 10.4. The molecule has 2 aromatic rings. The minimum absolute atomic E-state index is 0.0951. The van der Waals surface area contributed by atoms with E-state index in [-0.39, 0.29) is 5.16 Å². The molecule has 0 fully saturated rings. The highest BCUT2D eigenvalue weighted by Gasteiger charge is 2.13. The summed E-state index contributed by atoms with van der Waals surface area (Å²) in [6, 6.07) is 1.57. The first-order chi connectivity index (χ1) is 6.47. The van der Waals surface area contributed by atoms with Crippen molar-refractivity contribution in [1.29, 1.82) is 0 Å². The summed E-state index contributed by atoms with van der Waals surface area (Å²) >= 11 is 5.68. The molecule has 7 heteroatoms. The number of H-pyrrole nitrogens is 1. The van der Waals surface area contributed by atoms with Gasteiger partial charge in [0, 0.05) is 12.5 Å². The fourth-order valence-corrected chi connectivity index (χ4v) is 1.73. The van der Waals surface area contributed by atoms with E-state index in [0.29, 0.717) is 16.2 Å². The van der Waals surface area contributed by atoms with Gasteiger partial charge in [-0.15, -0.1) is 0 Å². The first-order valence-electron chi connectivity index (χ1n) is 3.68. The summed E-state index contributed by atoms with van der Waals surface area (Å²) in [5.74, 6) is 0. The molecule has 74 valence electrons. The molecule has 2 aromatic heterocycles. The third-order valence-corrected chi connectivity index (χ3v) is 2.74. The first kappa shape index (κ1) is 9.42. The number of aromatic nitrogens is 3. The molecule has 0 spiro atoms. The van der Waals surface area contributed by atoms with Crippen molar-refractivity contribution in [3.8, 4) is 0 Å². The molecule has 0 radical (unpaired) electrons. The molecule has 1 N–H and O–H groups in total. The van der Waals surface area contributed by atoms with Crippen LogP contribution in [-0.4, -0.2) is 29.6 Å². The Morgan fingerprint density at radius 1 is 1.50 bits per heavy atom. The number of halogens is 1. The van der Waals surface area contributed by atoms with Crippen LogP contribution in [0.1, 0.15) is 0 Å². The summed E-state index contributed by atoms with van der Waals surface area (Å²) in [4.78, 5) is 10.3. The van der Waals surface area contributed by atoms with Gasteiger partial charge in [0.1, 0.15) is 0 Å². The van der Waals surface area contributed by atoms with Crippen LogP contribution in [0.5, 0.6) is 0 Å². The number of aromatic amines is 1. The molecule has 0 saturated heterocycles. The van der Waals surface area contributed by atoms with Gasteiger partial charge in [-0.05, 0) is 6.07 Å². The van der Waals surface area contributed by atoms with Gasteiger partial charge in [-0.2, -0.15) is 4.98 Å². The van der Waals surface area contributed by atoms with Crippen molar-refractivity contribution >= 4 is 32.6 Å². The van der Waals surface area contributed by atoms with Crippen LogP contribution in [0, 0.1) is 0 Å². The standard InChI is InChI=1S/C7H6ClN3O2S/c1-14(12,13)7-10-5-2-4(8)3-9-6(5)11-7/h2-3H,1H3,(H,9,10,11). The topological polar surface area (TPSA) is 75.7 Å². The number of hydrogen-bond acceptors (Lipinski definition) is 4. The normalized spacial score (nSPS) is 12.1. The first-order valence-corrected chi connectivity index (χ1v) is 5.95. The van der Waals surface area contributed by atoms with Crippen molar-refractivity contribution in [3.63, 3.8) is 0 Å². The maximum Gasteiger partial charge on any atom is 0.227 e. The highest BCUT2D eigenvalue weighted by Crippen LogP contribution is 2.16. The number of nitrogens with one attached hydrogen (secondary N) is 1. The Morgan fingerprint density at radius 3 is 2.86 bits per heavy atom. The predicted octanol–water partition coefficient (Wildman–Crippen LogP) is 1.01. The van der Waals surface area contributed by atoms with Crippen LogP contribution in [0.2, 0.25) is 5.02 Å². The van der Waals surface area contributed by atoms with Crippen LogP contribution in [0.25, 0.3) is 11.2 Å². The Labute approximate surface area is 85.1 Å². The Kier molecular flexibility index (Phi) is 1.97. The van der Waals surface area contributed by atoms with Crippen LogP contribution in [0.4, 0.5) is 0 Å². The maximum atomic E-state index is 11.1. The van der Waals surface area contributed by atoms with E-state index in [0.717, 1.165) is 6.26 Å². The Morgan fingerprint density at radius 2 is 2.21 bits per heavy atom. The van der Waals surface area contributed by atoms with Crippen LogP contribution < -0.4 is 0 Å². The second-order valence-corrected chi connectivity index (χ2v) is 5.21. The van der Waals surface area contributed by atoms with Crippen molar-refractivity contribution in [2.24, 2.45) is 0 Å². The second-order valence-electron chi connectivity index (χ2n) is 2.84. The summed E-state index contributed by atoms with van der Waals surface area (Å²) in [6.07, 6.45) is 2.49. The molecule has 0 unspecified atom stereocenters. The van der Waals surface area contributed by atoms with E-state index in [1.807, 2.05) is 0 Å². The lowest BCUT2D eigenvalue weighted by molar-refractivity contribution is 0.595. The summed E-state index contributed by atoms with van der Waals surface area (Å²) in [7, 11) is -3.33. The van der Waals surface area contributed by atoms with Crippen LogP contribution in [0.3, 0.4) is 0 Å². The molecule has 0 saturated carbocycles. The van der Waals surface area contributed by atoms with Crippen LogP contribution >= 0.6 is 11.6 Å². The molecule has 2 heterocycles. The predicted molar refractivity (Wildman–Crippen MR) is 52.0 cm³/mol. The molecule has 0 amide bonds. The molecule has 0 aromatic carbocycles. The van der Waals surface area contributed by atoms with Crippen molar-refractivity contribution in [3.05, 3.63) is 17.3 Å². The van der Waals surface area contributed by atoms with Gasteiger partial charge in [0.2, 0.25) is 15.0 Å². The highest BCUT2D eigenvalue weighted by molar-refractivity contribution is 7.90. The van der Waals surface area contributed by atoms with E-state index in [4.69, 9.17) is 11.6 Å². The third-order valence-electron chi connectivity index (χ3n) is 1.63. The van der Waals surface area contributed by atoms with Crippen LogP contribution in [0.15, 0.2) is 17.4 Å². The molecule has 14 heavy (non-hydrogen) atoms. The van der Waals surface area contributed by atoms with Crippen molar-refractivity contribution < 1.29 is 8.42 Å². The Balaban J connectivity index is 2.75. The summed E-state index contributed by atoms with van der Waals surface area (Å²) in [6.45, 7) is 0. The van der Waals surface area contributed by atoms with Gasteiger partial charge in [0.25, 0.3) is 0 Å². The number of hydrogen-bond donors (Lipinski definition) is 1. The van der Waals surface area contributed by atoms with Crippen molar-refractivity contribution in [2.75, 3.05) is 6.26 Å². The number of imidazole rings is 1. The lowest BCUT2D eigenvalue weighted by Crippen LogP contribution is -1.98. The maximum absolute atomic E-state index is 11.1. The smallest absolute Gasteiger partial charge is 0.227 e. The van der Waals surface area contributed by atoms with E-state index >= 15 is 0 Å². The molecule has 5 nitrogen and oxygen atoms in total. The van der Waals surface area contributed by atoms with Gasteiger partial charge < -0.3 is 4.98 Å². The average Bonchev–Trinajstić information content (AvgIpc) is 2.45. The lowest BCUT2D eigenvalue weighted by Gasteiger charge is -1.87. The van der Waals surface area contributed by atoms with Gasteiger partial charge in [0.15, 0.2) is 5.65 Å². The van der Waals surface area contributed by atoms with Gasteiger partial charge in [-0.3, -0.25) is 0 Å². The fraction of sp³-hybridized carbons (Fsp3) is 0.143. The van der Waals surface area contributed by atoms with Crippen LogP contribution in [-0.2, 0) is 9.84 Å².